The molecule has 0 saturated heterocycles. The third-order valence-corrected chi connectivity index (χ3v) is 3.64. The van der Waals surface area contributed by atoms with E-state index < -0.39 is 17.2 Å². The second-order valence-corrected chi connectivity index (χ2v) is 8.13. The predicted octanol–water partition coefficient (Wildman–Crippen LogP) is 2.96. The first kappa shape index (κ1) is 20.5. The molecule has 0 fully saturated rings. The van der Waals surface area contributed by atoms with Gasteiger partial charge in [-0.15, -0.1) is 0 Å². The maximum Gasteiger partial charge on any atom is 0.408 e. The topological polar surface area (TPSA) is 85.3 Å². The van der Waals surface area contributed by atoms with E-state index in [9.17, 15) is 9.59 Å². The standard InChI is InChI=1S/C20H28N4O3/c1-19(2,3)27-18(26)23-20(4,5)13-22-17(25)16-8-6-7-15(11-16)12-24-10-9-21-14-24/h6-11,14H,12-13H2,1-5H3,(H,22,25)(H,23,26). The zero-order chi connectivity index (χ0) is 20.1. The molecule has 2 rings (SSSR count). The molecule has 0 bridgehead atoms. The summed E-state index contributed by atoms with van der Waals surface area (Å²) in [4.78, 5) is 28.4. The van der Waals surface area contributed by atoms with Crippen LogP contribution in [0.2, 0.25) is 0 Å². The zero-order valence-corrected chi connectivity index (χ0v) is 16.6. The van der Waals surface area contributed by atoms with Crippen molar-refractivity contribution in [2.45, 2.75) is 52.3 Å². The maximum atomic E-state index is 12.5. The average Bonchev–Trinajstić information content (AvgIpc) is 3.03. The Morgan fingerprint density at radius 3 is 2.56 bits per heavy atom. The Hall–Kier alpha value is -2.83. The molecule has 0 atom stereocenters. The summed E-state index contributed by atoms with van der Waals surface area (Å²) in [6.45, 7) is 9.98. The number of aromatic nitrogens is 2. The van der Waals surface area contributed by atoms with Crippen molar-refractivity contribution < 1.29 is 14.3 Å². The molecule has 0 radical (unpaired) electrons. The van der Waals surface area contributed by atoms with Gasteiger partial charge in [-0.25, -0.2) is 9.78 Å². The molecule has 27 heavy (non-hydrogen) atoms. The minimum Gasteiger partial charge on any atom is -0.444 e. The van der Waals surface area contributed by atoms with Crippen LogP contribution in [0.25, 0.3) is 0 Å². The molecule has 1 aromatic carbocycles. The molecule has 7 nitrogen and oxygen atoms in total. The number of nitrogens with zero attached hydrogens (tertiary/aromatic N) is 2. The first-order valence-corrected chi connectivity index (χ1v) is 8.88. The third kappa shape index (κ3) is 7.13. The van der Waals surface area contributed by atoms with E-state index in [1.807, 2.05) is 42.8 Å². The lowest BCUT2D eigenvalue weighted by Gasteiger charge is -2.28. The normalized spacial score (nSPS) is 11.7. The minimum absolute atomic E-state index is 0.193. The summed E-state index contributed by atoms with van der Waals surface area (Å²) < 4.78 is 7.20. The Morgan fingerprint density at radius 2 is 1.93 bits per heavy atom. The number of alkyl carbamates (subject to hydrolysis) is 1. The summed E-state index contributed by atoms with van der Waals surface area (Å²) in [6.07, 6.45) is 4.81. The van der Waals surface area contributed by atoms with Gasteiger partial charge in [-0.1, -0.05) is 12.1 Å². The molecule has 2 N–H and O–H groups in total. The Bertz CT molecular complexity index is 777. The minimum atomic E-state index is -0.646. The molecule has 0 unspecified atom stereocenters. The van der Waals surface area contributed by atoms with Crippen LogP contribution in [0.1, 0.15) is 50.5 Å². The van der Waals surface area contributed by atoms with Crippen LogP contribution in [0.15, 0.2) is 43.0 Å². The summed E-state index contributed by atoms with van der Waals surface area (Å²) in [6, 6.07) is 7.43. The monoisotopic (exact) mass is 372 g/mol. The van der Waals surface area contributed by atoms with Crippen molar-refractivity contribution in [3.63, 3.8) is 0 Å². The molecular formula is C20H28N4O3. The van der Waals surface area contributed by atoms with E-state index >= 15 is 0 Å². The lowest BCUT2D eigenvalue weighted by atomic mass is 10.1. The Morgan fingerprint density at radius 1 is 1.19 bits per heavy atom. The van der Waals surface area contributed by atoms with E-state index in [-0.39, 0.29) is 12.5 Å². The third-order valence-electron chi connectivity index (χ3n) is 3.64. The van der Waals surface area contributed by atoms with Gasteiger partial charge in [0.2, 0.25) is 0 Å². The molecule has 0 aliphatic rings. The number of ether oxygens (including phenoxy) is 1. The van der Waals surface area contributed by atoms with Crippen molar-refractivity contribution in [1.29, 1.82) is 0 Å². The first-order valence-electron chi connectivity index (χ1n) is 8.88. The van der Waals surface area contributed by atoms with Crippen molar-refractivity contribution in [3.05, 3.63) is 54.1 Å². The molecule has 2 aromatic rings. The molecule has 0 saturated carbocycles. The average molecular weight is 372 g/mol. The van der Waals surface area contributed by atoms with Crippen molar-refractivity contribution >= 4 is 12.0 Å². The molecule has 1 heterocycles. The van der Waals surface area contributed by atoms with Crippen molar-refractivity contribution in [2.75, 3.05) is 6.54 Å². The van der Waals surface area contributed by atoms with Crippen LogP contribution in [0.5, 0.6) is 0 Å². The molecule has 0 aliphatic carbocycles. The number of rotatable bonds is 6. The molecule has 7 heteroatoms. The van der Waals surface area contributed by atoms with Gasteiger partial charge in [-0.3, -0.25) is 4.79 Å². The number of hydrogen-bond donors (Lipinski definition) is 2. The van der Waals surface area contributed by atoms with Crippen LogP contribution >= 0.6 is 0 Å². The number of carbonyl (C=O) groups excluding carboxylic acids is 2. The lowest BCUT2D eigenvalue weighted by Crippen LogP contribution is -2.52. The van der Waals surface area contributed by atoms with Crippen LogP contribution in [0, 0.1) is 0 Å². The smallest absolute Gasteiger partial charge is 0.408 e. The second kappa shape index (κ2) is 8.24. The number of nitrogens with one attached hydrogen (secondary N) is 2. The Kier molecular flexibility index (Phi) is 6.25. The highest BCUT2D eigenvalue weighted by Crippen LogP contribution is 2.10. The van der Waals surface area contributed by atoms with Gasteiger partial charge in [-0.2, -0.15) is 0 Å². The number of carbonyl (C=O) groups is 2. The van der Waals surface area contributed by atoms with E-state index in [1.165, 1.54) is 0 Å². The highest BCUT2D eigenvalue weighted by molar-refractivity contribution is 5.94. The van der Waals surface area contributed by atoms with Crippen molar-refractivity contribution in [1.82, 2.24) is 20.2 Å². The molecular weight excluding hydrogens is 344 g/mol. The van der Waals surface area contributed by atoms with E-state index in [2.05, 4.69) is 15.6 Å². The SMILES string of the molecule is CC(C)(CNC(=O)c1cccc(Cn2ccnc2)c1)NC(=O)OC(C)(C)C. The van der Waals surface area contributed by atoms with E-state index in [0.717, 1.165) is 5.56 Å². The fraction of sp³-hybridized carbons (Fsp3) is 0.450. The molecule has 0 spiro atoms. The molecule has 146 valence electrons. The maximum absolute atomic E-state index is 12.5. The second-order valence-electron chi connectivity index (χ2n) is 8.13. The number of hydrogen-bond acceptors (Lipinski definition) is 4. The van der Waals surface area contributed by atoms with Gasteiger partial charge < -0.3 is 19.9 Å². The van der Waals surface area contributed by atoms with Gasteiger partial charge in [0.15, 0.2) is 0 Å². The highest BCUT2D eigenvalue weighted by Gasteiger charge is 2.25. The molecule has 1 aromatic heterocycles. The summed E-state index contributed by atoms with van der Waals surface area (Å²) in [5.41, 5.74) is 0.360. The lowest BCUT2D eigenvalue weighted by molar-refractivity contribution is 0.0469. The Labute approximate surface area is 160 Å². The number of imidazole rings is 1. The fourth-order valence-corrected chi connectivity index (χ4v) is 2.43. The van der Waals surface area contributed by atoms with Gasteiger partial charge in [0.1, 0.15) is 5.60 Å². The van der Waals surface area contributed by atoms with E-state index in [1.54, 1.807) is 39.4 Å². The Balaban J connectivity index is 1.91. The van der Waals surface area contributed by atoms with Crippen molar-refractivity contribution in [3.8, 4) is 0 Å². The molecule has 0 aliphatic heterocycles. The van der Waals surface area contributed by atoms with Gasteiger partial charge >= 0.3 is 6.09 Å². The quantitative estimate of drug-likeness (QED) is 0.816. The first-order chi connectivity index (χ1) is 12.5. The van der Waals surface area contributed by atoms with Crippen LogP contribution < -0.4 is 10.6 Å². The van der Waals surface area contributed by atoms with Gasteiger partial charge in [0.25, 0.3) is 5.91 Å². The summed E-state index contributed by atoms with van der Waals surface area (Å²) in [7, 11) is 0. The van der Waals surface area contributed by atoms with Gasteiger partial charge in [0.05, 0.1) is 11.9 Å². The summed E-state index contributed by atoms with van der Waals surface area (Å²) in [5.74, 6) is -0.193. The van der Waals surface area contributed by atoms with E-state index in [0.29, 0.717) is 12.1 Å². The predicted molar refractivity (Wildman–Crippen MR) is 104 cm³/mol. The molecule has 2 amide bonds. The highest BCUT2D eigenvalue weighted by atomic mass is 16.6. The van der Waals surface area contributed by atoms with Gasteiger partial charge in [0, 0.05) is 31.0 Å². The summed E-state index contributed by atoms with van der Waals surface area (Å²) in [5, 5.41) is 5.64. The zero-order valence-electron chi connectivity index (χ0n) is 16.6. The number of benzene rings is 1. The number of amides is 2. The largest absolute Gasteiger partial charge is 0.444 e. The van der Waals surface area contributed by atoms with Crippen LogP contribution in [-0.4, -0.2) is 39.2 Å². The van der Waals surface area contributed by atoms with Crippen LogP contribution in [-0.2, 0) is 11.3 Å². The van der Waals surface area contributed by atoms with E-state index in [4.69, 9.17) is 4.74 Å². The van der Waals surface area contributed by atoms with Crippen molar-refractivity contribution in [2.24, 2.45) is 0 Å². The summed E-state index contributed by atoms with van der Waals surface area (Å²) >= 11 is 0. The van der Waals surface area contributed by atoms with Crippen LogP contribution in [0.3, 0.4) is 0 Å². The van der Waals surface area contributed by atoms with Crippen LogP contribution in [0.4, 0.5) is 4.79 Å². The van der Waals surface area contributed by atoms with Gasteiger partial charge in [-0.05, 0) is 52.3 Å². The fourth-order valence-electron chi connectivity index (χ4n) is 2.43.